The normalized spacial score (nSPS) is 18.1. The third-order valence-corrected chi connectivity index (χ3v) is 5.35. The van der Waals surface area contributed by atoms with Gasteiger partial charge in [-0.3, -0.25) is 4.72 Å². The molecule has 0 bridgehead atoms. The molecule has 0 spiro atoms. The molecule has 112 valence electrons. The topological polar surface area (TPSA) is 74.3 Å². The molecule has 0 aromatic carbocycles. The van der Waals surface area contributed by atoms with E-state index in [-0.39, 0.29) is 0 Å². The Hall–Kier alpha value is -0.700. The molecule has 6 nitrogen and oxygen atoms in total. The van der Waals surface area contributed by atoms with Crippen LogP contribution in [-0.2, 0) is 10.2 Å². The van der Waals surface area contributed by atoms with E-state index in [4.69, 9.17) is 0 Å². The third-order valence-electron chi connectivity index (χ3n) is 3.37. The van der Waals surface area contributed by atoms with E-state index in [2.05, 4.69) is 31.0 Å². The highest BCUT2D eigenvalue weighted by atomic mass is 79.9. The van der Waals surface area contributed by atoms with Gasteiger partial charge in [-0.2, -0.15) is 12.7 Å². The lowest BCUT2D eigenvalue weighted by Gasteiger charge is -2.31. The van der Waals surface area contributed by atoms with Crippen molar-refractivity contribution >= 4 is 32.0 Å². The van der Waals surface area contributed by atoms with Crippen molar-refractivity contribution in [3.8, 4) is 0 Å². The Morgan fingerprint density at radius 2 is 2.10 bits per heavy atom. The van der Waals surface area contributed by atoms with Crippen molar-refractivity contribution in [2.24, 2.45) is 5.92 Å². The molecule has 2 heterocycles. The fraction of sp³-hybridized carbons (Fsp3) is 0.583. The Bertz CT molecular complexity index is 527. The van der Waals surface area contributed by atoms with E-state index in [1.807, 2.05) is 7.05 Å². The highest BCUT2D eigenvalue weighted by Crippen LogP contribution is 2.20. The molecule has 0 atom stereocenters. The molecule has 20 heavy (non-hydrogen) atoms. The Labute approximate surface area is 128 Å². The SMILES string of the molecule is CNCC1CCN(S(=O)(=O)Nc2ccc(Br)cn2)CC1. The van der Waals surface area contributed by atoms with Gasteiger partial charge in [-0.25, -0.2) is 4.98 Å². The molecule has 1 aliphatic rings. The monoisotopic (exact) mass is 362 g/mol. The van der Waals surface area contributed by atoms with Crippen LogP contribution in [-0.4, -0.2) is 44.4 Å². The largest absolute Gasteiger partial charge is 0.319 e. The van der Waals surface area contributed by atoms with Crippen molar-refractivity contribution in [2.45, 2.75) is 12.8 Å². The first-order valence-corrected chi connectivity index (χ1v) is 8.78. The summed E-state index contributed by atoms with van der Waals surface area (Å²) in [6.07, 6.45) is 3.34. The minimum absolute atomic E-state index is 0.338. The fourth-order valence-corrected chi connectivity index (χ4v) is 3.72. The second kappa shape index (κ2) is 6.84. The molecule has 0 radical (unpaired) electrons. The van der Waals surface area contributed by atoms with E-state index >= 15 is 0 Å². The average Bonchev–Trinajstić information content (AvgIpc) is 2.42. The van der Waals surface area contributed by atoms with Crippen molar-refractivity contribution in [2.75, 3.05) is 31.4 Å². The maximum absolute atomic E-state index is 12.3. The first-order valence-electron chi connectivity index (χ1n) is 6.55. The van der Waals surface area contributed by atoms with Gasteiger partial charge in [0, 0.05) is 23.8 Å². The fourth-order valence-electron chi connectivity index (χ4n) is 2.28. The van der Waals surface area contributed by atoms with Crippen molar-refractivity contribution in [1.82, 2.24) is 14.6 Å². The van der Waals surface area contributed by atoms with Gasteiger partial charge in [0.15, 0.2) is 0 Å². The van der Waals surface area contributed by atoms with Crippen LogP contribution in [0.3, 0.4) is 0 Å². The molecular weight excluding hydrogens is 344 g/mol. The highest BCUT2D eigenvalue weighted by molar-refractivity contribution is 9.10. The van der Waals surface area contributed by atoms with Gasteiger partial charge in [0.25, 0.3) is 0 Å². The van der Waals surface area contributed by atoms with Gasteiger partial charge in [0.05, 0.1) is 0 Å². The van der Waals surface area contributed by atoms with Crippen LogP contribution in [0.1, 0.15) is 12.8 Å². The van der Waals surface area contributed by atoms with Crippen LogP contribution in [0, 0.1) is 5.92 Å². The Morgan fingerprint density at radius 1 is 1.40 bits per heavy atom. The number of pyridine rings is 1. The molecule has 2 N–H and O–H groups in total. The summed E-state index contributed by atoms with van der Waals surface area (Å²) >= 11 is 3.27. The number of rotatable bonds is 5. The lowest BCUT2D eigenvalue weighted by molar-refractivity contribution is 0.272. The number of piperidine rings is 1. The van der Waals surface area contributed by atoms with Crippen LogP contribution in [0.4, 0.5) is 5.82 Å². The molecule has 1 aromatic rings. The van der Waals surface area contributed by atoms with Crippen LogP contribution >= 0.6 is 15.9 Å². The van der Waals surface area contributed by atoms with Crippen molar-refractivity contribution < 1.29 is 8.42 Å². The predicted octanol–water partition coefficient (Wildman–Crippen LogP) is 1.43. The van der Waals surface area contributed by atoms with E-state index < -0.39 is 10.2 Å². The van der Waals surface area contributed by atoms with Gasteiger partial charge in [-0.1, -0.05) is 0 Å². The summed E-state index contributed by atoms with van der Waals surface area (Å²) in [5, 5.41) is 3.14. The number of aromatic nitrogens is 1. The minimum Gasteiger partial charge on any atom is -0.319 e. The smallest absolute Gasteiger partial charge is 0.302 e. The molecule has 1 aliphatic heterocycles. The zero-order valence-corrected chi connectivity index (χ0v) is 13.7. The number of nitrogens with zero attached hydrogens (tertiary/aromatic N) is 2. The summed E-state index contributed by atoms with van der Waals surface area (Å²) < 4.78 is 29.3. The second-order valence-corrected chi connectivity index (χ2v) is 7.46. The summed E-state index contributed by atoms with van der Waals surface area (Å²) in [6, 6.07) is 3.39. The summed E-state index contributed by atoms with van der Waals surface area (Å²) in [4.78, 5) is 4.03. The Balaban J connectivity index is 1.96. The van der Waals surface area contributed by atoms with E-state index in [0.717, 1.165) is 23.9 Å². The van der Waals surface area contributed by atoms with Gasteiger partial charge >= 0.3 is 10.2 Å². The van der Waals surface area contributed by atoms with Gasteiger partial charge in [0.1, 0.15) is 5.82 Å². The first kappa shape index (κ1) is 15.7. The second-order valence-electron chi connectivity index (χ2n) is 4.87. The van der Waals surface area contributed by atoms with Gasteiger partial charge in [-0.15, -0.1) is 0 Å². The van der Waals surface area contributed by atoms with E-state index in [1.165, 1.54) is 4.31 Å². The van der Waals surface area contributed by atoms with E-state index in [0.29, 0.717) is 24.8 Å². The van der Waals surface area contributed by atoms with Crippen molar-refractivity contribution in [3.63, 3.8) is 0 Å². The molecule has 0 aliphatic carbocycles. The van der Waals surface area contributed by atoms with Crippen LogP contribution in [0.2, 0.25) is 0 Å². The number of hydrogen-bond donors (Lipinski definition) is 2. The van der Waals surface area contributed by atoms with Crippen LogP contribution in [0.5, 0.6) is 0 Å². The zero-order chi connectivity index (χ0) is 14.6. The molecular formula is C12H19BrN4O2S. The minimum atomic E-state index is -3.50. The van der Waals surface area contributed by atoms with Crippen molar-refractivity contribution in [3.05, 3.63) is 22.8 Å². The number of halogens is 1. The molecule has 0 unspecified atom stereocenters. The standard InChI is InChI=1S/C12H19BrN4O2S/c1-14-8-10-4-6-17(7-5-10)20(18,19)16-12-3-2-11(13)9-15-12/h2-3,9-10,14H,4-8H2,1H3,(H,15,16). The van der Waals surface area contributed by atoms with Crippen LogP contribution in [0.25, 0.3) is 0 Å². The van der Waals surface area contributed by atoms with Crippen LogP contribution < -0.4 is 10.0 Å². The molecule has 1 aromatic heterocycles. The maximum atomic E-state index is 12.3. The van der Waals surface area contributed by atoms with Gasteiger partial charge < -0.3 is 5.32 Å². The first-order chi connectivity index (χ1) is 9.51. The quantitative estimate of drug-likeness (QED) is 0.830. The van der Waals surface area contributed by atoms with E-state index in [1.54, 1.807) is 18.3 Å². The van der Waals surface area contributed by atoms with Crippen LogP contribution in [0.15, 0.2) is 22.8 Å². The molecule has 0 amide bonds. The predicted molar refractivity (Wildman–Crippen MR) is 82.7 cm³/mol. The number of anilines is 1. The van der Waals surface area contributed by atoms with Crippen molar-refractivity contribution in [1.29, 1.82) is 0 Å². The lowest BCUT2D eigenvalue weighted by Crippen LogP contribution is -2.43. The van der Waals surface area contributed by atoms with Gasteiger partial charge in [0.2, 0.25) is 0 Å². The maximum Gasteiger partial charge on any atom is 0.302 e. The molecule has 2 rings (SSSR count). The zero-order valence-electron chi connectivity index (χ0n) is 11.3. The molecule has 8 heteroatoms. The Kier molecular flexibility index (Phi) is 5.36. The summed E-state index contributed by atoms with van der Waals surface area (Å²) in [5.41, 5.74) is 0. The highest BCUT2D eigenvalue weighted by Gasteiger charge is 2.27. The number of hydrogen-bond acceptors (Lipinski definition) is 4. The summed E-state index contributed by atoms with van der Waals surface area (Å²) in [5.74, 6) is 0.891. The van der Waals surface area contributed by atoms with Gasteiger partial charge in [-0.05, 0) is 60.4 Å². The number of nitrogens with one attached hydrogen (secondary N) is 2. The summed E-state index contributed by atoms with van der Waals surface area (Å²) in [7, 11) is -1.58. The average molecular weight is 363 g/mol. The Morgan fingerprint density at radius 3 is 2.65 bits per heavy atom. The molecule has 1 saturated heterocycles. The van der Waals surface area contributed by atoms with E-state index in [9.17, 15) is 8.42 Å². The molecule has 0 saturated carbocycles. The molecule has 1 fully saturated rings. The lowest BCUT2D eigenvalue weighted by atomic mass is 9.98. The summed E-state index contributed by atoms with van der Waals surface area (Å²) in [6.45, 7) is 2.05. The third kappa shape index (κ3) is 4.15.